The molecule has 1 saturated heterocycles. The fourth-order valence-corrected chi connectivity index (χ4v) is 2.84. The molecule has 4 nitrogen and oxygen atoms in total. The molecule has 22 heavy (non-hydrogen) atoms. The van der Waals surface area contributed by atoms with Crippen molar-refractivity contribution < 1.29 is 0 Å². The Balaban J connectivity index is 1.74. The van der Waals surface area contributed by atoms with Crippen LogP contribution in [0.25, 0.3) is 0 Å². The molecule has 122 valence electrons. The monoisotopic (exact) mass is 302 g/mol. The summed E-state index contributed by atoms with van der Waals surface area (Å²) in [5.74, 6) is 1.79. The summed E-state index contributed by atoms with van der Waals surface area (Å²) in [5, 5.41) is 6.80. The lowest BCUT2D eigenvalue weighted by Gasteiger charge is -2.29. The topological polar surface area (TPSA) is 39.7 Å². The molecule has 1 aromatic rings. The predicted octanol–water partition coefficient (Wildman–Crippen LogP) is 2.47. The van der Waals surface area contributed by atoms with Crippen molar-refractivity contribution in [2.75, 3.05) is 33.2 Å². The van der Waals surface area contributed by atoms with Crippen molar-refractivity contribution >= 4 is 5.96 Å². The zero-order valence-corrected chi connectivity index (χ0v) is 14.0. The predicted molar refractivity (Wildman–Crippen MR) is 94.1 cm³/mol. The number of benzene rings is 1. The largest absolute Gasteiger partial charge is 0.357 e. The normalized spacial score (nSPS) is 17.5. The zero-order valence-electron chi connectivity index (χ0n) is 14.0. The molecule has 1 heterocycles. The molecule has 0 radical (unpaired) electrons. The Morgan fingerprint density at radius 3 is 2.59 bits per heavy atom. The van der Waals surface area contributed by atoms with Gasteiger partial charge in [-0.1, -0.05) is 30.3 Å². The number of likely N-dealkylation sites (tertiary alicyclic amines) is 1. The minimum absolute atomic E-state index is 0.727. The summed E-state index contributed by atoms with van der Waals surface area (Å²) in [6.07, 6.45) is 3.90. The molecule has 0 saturated carbocycles. The molecular formula is C18H30N4. The van der Waals surface area contributed by atoms with Gasteiger partial charge in [0.05, 0.1) is 6.54 Å². The lowest BCUT2D eigenvalue weighted by molar-refractivity contribution is 0.213. The fourth-order valence-electron chi connectivity index (χ4n) is 2.84. The summed E-state index contributed by atoms with van der Waals surface area (Å²) in [7, 11) is 2.22. The first-order valence-electron chi connectivity index (χ1n) is 8.52. The van der Waals surface area contributed by atoms with Crippen molar-refractivity contribution in [1.29, 1.82) is 0 Å². The molecule has 0 unspecified atom stereocenters. The van der Waals surface area contributed by atoms with Gasteiger partial charge in [-0.2, -0.15) is 0 Å². The minimum atomic E-state index is 0.727. The Morgan fingerprint density at radius 2 is 1.91 bits per heavy atom. The van der Waals surface area contributed by atoms with Crippen LogP contribution in [0.4, 0.5) is 0 Å². The SMILES string of the molecule is CCNC(=NCc1ccccc1)NCCC1CCN(C)CC1. The molecule has 1 aliphatic rings. The molecule has 4 heteroatoms. The Kier molecular flexibility index (Phi) is 7.23. The van der Waals surface area contributed by atoms with Crippen molar-refractivity contribution in [2.24, 2.45) is 10.9 Å². The van der Waals surface area contributed by atoms with Gasteiger partial charge in [0.2, 0.25) is 0 Å². The smallest absolute Gasteiger partial charge is 0.191 e. The van der Waals surface area contributed by atoms with Crippen LogP contribution in [0.2, 0.25) is 0 Å². The van der Waals surface area contributed by atoms with E-state index in [9.17, 15) is 0 Å². The number of nitrogens with zero attached hydrogens (tertiary/aromatic N) is 2. The molecule has 0 spiro atoms. The van der Waals surface area contributed by atoms with E-state index in [4.69, 9.17) is 0 Å². The molecule has 0 atom stereocenters. The summed E-state index contributed by atoms with van der Waals surface area (Å²) in [6, 6.07) is 10.4. The fraction of sp³-hybridized carbons (Fsp3) is 0.611. The number of guanidine groups is 1. The van der Waals surface area contributed by atoms with E-state index in [1.54, 1.807) is 0 Å². The number of piperidine rings is 1. The maximum absolute atomic E-state index is 4.66. The lowest BCUT2D eigenvalue weighted by Crippen LogP contribution is -2.39. The Bertz CT molecular complexity index is 436. The summed E-state index contributed by atoms with van der Waals surface area (Å²) in [5.41, 5.74) is 1.25. The van der Waals surface area contributed by atoms with E-state index in [1.165, 1.54) is 37.9 Å². The van der Waals surface area contributed by atoms with Crippen LogP contribution in [-0.2, 0) is 6.54 Å². The van der Waals surface area contributed by atoms with E-state index in [-0.39, 0.29) is 0 Å². The molecular weight excluding hydrogens is 272 g/mol. The molecule has 0 aromatic heterocycles. The summed E-state index contributed by atoms with van der Waals surface area (Å²) in [4.78, 5) is 7.09. The third-order valence-corrected chi connectivity index (χ3v) is 4.29. The number of rotatable bonds is 6. The number of hydrogen-bond donors (Lipinski definition) is 2. The van der Waals surface area contributed by atoms with Crippen LogP contribution in [0, 0.1) is 5.92 Å². The highest BCUT2D eigenvalue weighted by Crippen LogP contribution is 2.18. The van der Waals surface area contributed by atoms with Gasteiger partial charge in [0.25, 0.3) is 0 Å². The van der Waals surface area contributed by atoms with Crippen LogP contribution in [0.3, 0.4) is 0 Å². The standard InChI is InChI=1S/C18H30N4/c1-3-19-18(21-15-17-7-5-4-6-8-17)20-12-9-16-10-13-22(2)14-11-16/h4-8,16H,3,9-15H2,1-2H3,(H2,19,20,21). The highest BCUT2D eigenvalue weighted by molar-refractivity contribution is 5.79. The Morgan fingerprint density at radius 1 is 1.18 bits per heavy atom. The van der Waals surface area contributed by atoms with Crippen LogP contribution in [0.1, 0.15) is 31.7 Å². The number of nitrogens with one attached hydrogen (secondary N) is 2. The average Bonchev–Trinajstić information content (AvgIpc) is 2.55. The lowest BCUT2D eigenvalue weighted by atomic mass is 9.94. The van der Waals surface area contributed by atoms with Gasteiger partial charge in [-0.15, -0.1) is 0 Å². The van der Waals surface area contributed by atoms with Gasteiger partial charge in [0, 0.05) is 13.1 Å². The zero-order chi connectivity index (χ0) is 15.6. The Hall–Kier alpha value is -1.55. The van der Waals surface area contributed by atoms with Gasteiger partial charge in [0.1, 0.15) is 0 Å². The van der Waals surface area contributed by atoms with Crippen molar-refractivity contribution in [3.05, 3.63) is 35.9 Å². The van der Waals surface area contributed by atoms with Crippen molar-refractivity contribution in [1.82, 2.24) is 15.5 Å². The Labute approximate surface area is 135 Å². The van der Waals surface area contributed by atoms with Gasteiger partial charge < -0.3 is 15.5 Å². The first-order chi connectivity index (χ1) is 10.8. The first kappa shape index (κ1) is 16.8. The van der Waals surface area contributed by atoms with E-state index >= 15 is 0 Å². The third kappa shape index (κ3) is 6.06. The second kappa shape index (κ2) is 9.46. The second-order valence-electron chi connectivity index (χ2n) is 6.14. The first-order valence-corrected chi connectivity index (χ1v) is 8.52. The molecule has 1 aromatic carbocycles. The van der Waals surface area contributed by atoms with Crippen molar-refractivity contribution in [3.8, 4) is 0 Å². The minimum Gasteiger partial charge on any atom is -0.357 e. The maximum atomic E-state index is 4.66. The summed E-state index contributed by atoms with van der Waals surface area (Å²) < 4.78 is 0. The summed E-state index contributed by atoms with van der Waals surface area (Å²) >= 11 is 0. The molecule has 1 fully saturated rings. The van der Waals surface area contributed by atoms with Gasteiger partial charge in [-0.05, 0) is 57.8 Å². The third-order valence-electron chi connectivity index (χ3n) is 4.29. The van der Waals surface area contributed by atoms with Gasteiger partial charge >= 0.3 is 0 Å². The van der Waals surface area contributed by atoms with E-state index in [0.29, 0.717) is 0 Å². The molecule has 1 aliphatic heterocycles. The molecule has 0 aliphatic carbocycles. The summed E-state index contributed by atoms with van der Waals surface area (Å²) in [6.45, 7) is 7.23. The molecule has 0 amide bonds. The van der Waals surface area contributed by atoms with E-state index < -0.39 is 0 Å². The van der Waals surface area contributed by atoms with Crippen LogP contribution >= 0.6 is 0 Å². The van der Waals surface area contributed by atoms with Crippen LogP contribution in [0.5, 0.6) is 0 Å². The molecule has 2 rings (SSSR count). The van der Waals surface area contributed by atoms with E-state index in [1.807, 2.05) is 6.07 Å². The molecule has 0 bridgehead atoms. The van der Waals surface area contributed by atoms with Crippen LogP contribution in [-0.4, -0.2) is 44.1 Å². The van der Waals surface area contributed by atoms with E-state index in [2.05, 4.69) is 58.8 Å². The quantitative estimate of drug-likeness (QED) is 0.626. The van der Waals surface area contributed by atoms with Crippen LogP contribution in [0.15, 0.2) is 35.3 Å². The maximum Gasteiger partial charge on any atom is 0.191 e. The number of aliphatic imine (C=N–C) groups is 1. The second-order valence-corrected chi connectivity index (χ2v) is 6.14. The van der Waals surface area contributed by atoms with Crippen molar-refractivity contribution in [3.63, 3.8) is 0 Å². The van der Waals surface area contributed by atoms with Gasteiger partial charge in [-0.25, -0.2) is 4.99 Å². The highest BCUT2D eigenvalue weighted by atomic mass is 15.2. The average molecular weight is 302 g/mol. The van der Waals surface area contributed by atoms with E-state index in [0.717, 1.165) is 31.5 Å². The van der Waals surface area contributed by atoms with Gasteiger partial charge in [-0.3, -0.25) is 0 Å². The highest BCUT2D eigenvalue weighted by Gasteiger charge is 2.16. The molecule has 2 N–H and O–H groups in total. The van der Waals surface area contributed by atoms with Crippen molar-refractivity contribution in [2.45, 2.75) is 32.7 Å². The van der Waals surface area contributed by atoms with Gasteiger partial charge in [0.15, 0.2) is 5.96 Å². The van der Waals surface area contributed by atoms with Crippen LogP contribution < -0.4 is 10.6 Å². The number of hydrogen-bond acceptors (Lipinski definition) is 2.